The summed E-state index contributed by atoms with van der Waals surface area (Å²) in [6.07, 6.45) is 2.56. The van der Waals surface area contributed by atoms with Gasteiger partial charge in [-0.15, -0.1) is 0 Å². The minimum absolute atomic E-state index is 0.158. The topological polar surface area (TPSA) is 67.4 Å². The number of hydrogen-bond donors (Lipinski definition) is 2. The van der Waals surface area contributed by atoms with E-state index in [4.69, 9.17) is 4.74 Å². The second-order valence-electron chi connectivity index (χ2n) is 4.40. The van der Waals surface area contributed by atoms with Gasteiger partial charge in [-0.3, -0.25) is 9.59 Å². The average molecular weight is 310 g/mol. The van der Waals surface area contributed by atoms with Crippen molar-refractivity contribution < 1.29 is 14.3 Å². The van der Waals surface area contributed by atoms with E-state index < -0.39 is 6.04 Å². The highest BCUT2D eigenvalue weighted by atomic mass is 32.2. The number of carbonyl (C=O) groups excluding carboxylic acids is 2. The van der Waals surface area contributed by atoms with Gasteiger partial charge in [0.15, 0.2) is 0 Å². The standard InChI is InChI=1S/C15H22N2O3S/c1-4-16-15(19)12(9-10-21-3)17-14(18)11-7-5-6-8-13(11)20-2/h5-8,12H,4,9-10H2,1-3H3,(H,16,19)(H,17,18)/t12-/m1/s1. The molecule has 0 aromatic heterocycles. The summed E-state index contributed by atoms with van der Waals surface area (Å²) in [5.41, 5.74) is 0.429. The maximum absolute atomic E-state index is 12.3. The van der Waals surface area contributed by atoms with Crippen LogP contribution in [0.2, 0.25) is 0 Å². The number of thioether (sulfide) groups is 1. The average Bonchev–Trinajstić information content (AvgIpc) is 2.51. The molecule has 1 aromatic rings. The Morgan fingerprint density at radius 2 is 2.05 bits per heavy atom. The predicted octanol–water partition coefficient (Wildman–Crippen LogP) is 1.68. The molecule has 0 heterocycles. The number of para-hydroxylation sites is 1. The van der Waals surface area contributed by atoms with Gasteiger partial charge in [0, 0.05) is 6.54 Å². The second kappa shape index (κ2) is 9.28. The molecule has 0 bridgehead atoms. The summed E-state index contributed by atoms with van der Waals surface area (Å²) >= 11 is 1.64. The molecule has 0 aliphatic carbocycles. The second-order valence-corrected chi connectivity index (χ2v) is 5.39. The summed E-state index contributed by atoms with van der Waals surface area (Å²) in [4.78, 5) is 24.3. The van der Waals surface area contributed by atoms with Crippen LogP contribution < -0.4 is 15.4 Å². The molecule has 0 saturated heterocycles. The number of benzene rings is 1. The van der Waals surface area contributed by atoms with E-state index in [9.17, 15) is 9.59 Å². The molecular formula is C15H22N2O3S. The lowest BCUT2D eigenvalue weighted by atomic mass is 10.1. The summed E-state index contributed by atoms with van der Waals surface area (Å²) in [7, 11) is 1.51. The molecule has 5 nitrogen and oxygen atoms in total. The van der Waals surface area contributed by atoms with Gasteiger partial charge in [-0.05, 0) is 37.5 Å². The summed E-state index contributed by atoms with van der Waals surface area (Å²) < 4.78 is 5.17. The molecular weight excluding hydrogens is 288 g/mol. The lowest BCUT2D eigenvalue weighted by molar-refractivity contribution is -0.122. The largest absolute Gasteiger partial charge is 0.496 e. The first-order valence-corrected chi connectivity index (χ1v) is 8.24. The Labute approximate surface area is 129 Å². The van der Waals surface area contributed by atoms with E-state index in [-0.39, 0.29) is 11.8 Å². The zero-order valence-electron chi connectivity index (χ0n) is 12.6. The third kappa shape index (κ3) is 5.30. The van der Waals surface area contributed by atoms with Crippen LogP contribution in [-0.4, -0.2) is 43.5 Å². The van der Waals surface area contributed by atoms with Crippen LogP contribution in [0.5, 0.6) is 5.75 Å². The van der Waals surface area contributed by atoms with Crippen molar-refractivity contribution in [3.05, 3.63) is 29.8 Å². The van der Waals surface area contributed by atoms with Gasteiger partial charge in [0.2, 0.25) is 5.91 Å². The van der Waals surface area contributed by atoms with Crippen molar-refractivity contribution in [3.8, 4) is 5.75 Å². The highest BCUT2D eigenvalue weighted by Crippen LogP contribution is 2.17. The van der Waals surface area contributed by atoms with E-state index in [0.29, 0.717) is 24.3 Å². The Morgan fingerprint density at radius 3 is 2.67 bits per heavy atom. The Morgan fingerprint density at radius 1 is 1.33 bits per heavy atom. The van der Waals surface area contributed by atoms with Crippen LogP contribution >= 0.6 is 11.8 Å². The molecule has 2 N–H and O–H groups in total. The minimum atomic E-state index is -0.533. The third-order valence-electron chi connectivity index (χ3n) is 2.94. The number of nitrogens with one attached hydrogen (secondary N) is 2. The van der Waals surface area contributed by atoms with E-state index in [1.807, 2.05) is 13.2 Å². The number of rotatable bonds is 8. The van der Waals surface area contributed by atoms with Gasteiger partial charge in [-0.1, -0.05) is 12.1 Å². The number of carbonyl (C=O) groups is 2. The zero-order valence-corrected chi connectivity index (χ0v) is 13.5. The smallest absolute Gasteiger partial charge is 0.255 e. The Balaban J connectivity index is 2.81. The number of methoxy groups -OCH3 is 1. The maximum atomic E-state index is 12.3. The van der Waals surface area contributed by atoms with Crippen molar-refractivity contribution in [2.75, 3.05) is 25.7 Å². The molecule has 0 radical (unpaired) electrons. The molecule has 21 heavy (non-hydrogen) atoms. The normalized spacial score (nSPS) is 11.6. The van der Waals surface area contributed by atoms with Crippen LogP contribution in [-0.2, 0) is 4.79 Å². The lowest BCUT2D eigenvalue weighted by Gasteiger charge is -2.18. The first kappa shape index (κ1) is 17.4. The van der Waals surface area contributed by atoms with Gasteiger partial charge in [0.1, 0.15) is 11.8 Å². The van der Waals surface area contributed by atoms with Crippen molar-refractivity contribution >= 4 is 23.6 Å². The van der Waals surface area contributed by atoms with Crippen molar-refractivity contribution in [2.24, 2.45) is 0 Å². The van der Waals surface area contributed by atoms with Crippen LogP contribution in [0.1, 0.15) is 23.7 Å². The highest BCUT2D eigenvalue weighted by molar-refractivity contribution is 7.98. The first-order valence-electron chi connectivity index (χ1n) is 6.84. The van der Waals surface area contributed by atoms with Gasteiger partial charge in [0.05, 0.1) is 12.7 Å². The van der Waals surface area contributed by atoms with Gasteiger partial charge in [0.25, 0.3) is 5.91 Å². The lowest BCUT2D eigenvalue weighted by Crippen LogP contribution is -2.47. The van der Waals surface area contributed by atoms with E-state index in [2.05, 4.69) is 10.6 Å². The summed E-state index contributed by atoms with van der Waals surface area (Å²) in [6, 6.07) is 6.43. The molecule has 6 heteroatoms. The van der Waals surface area contributed by atoms with E-state index in [1.54, 1.807) is 36.0 Å². The molecule has 0 fully saturated rings. The van der Waals surface area contributed by atoms with Crippen LogP contribution in [0, 0.1) is 0 Å². The third-order valence-corrected chi connectivity index (χ3v) is 3.58. The monoisotopic (exact) mass is 310 g/mol. The van der Waals surface area contributed by atoms with Gasteiger partial charge in [-0.2, -0.15) is 11.8 Å². The zero-order chi connectivity index (χ0) is 15.7. The summed E-state index contributed by atoms with van der Waals surface area (Å²) in [5, 5.41) is 5.53. The Kier molecular flexibility index (Phi) is 7.68. The molecule has 116 valence electrons. The highest BCUT2D eigenvalue weighted by Gasteiger charge is 2.21. The molecule has 1 aromatic carbocycles. The molecule has 0 aliphatic heterocycles. The van der Waals surface area contributed by atoms with Crippen LogP contribution in [0.25, 0.3) is 0 Å². The quantitative estimate of drug-likeness (QED) is 0.767. The van der Waals surface area contributed by atoms with Crippen molar-refractivity contribution in [3.63, 3.8) is 0 Å². The van der Waals surface area contributed by atoms with Crippen LogP contribution in [0.3, 0.4) is 0 Å². The van der Waals surface area contributed by atoms with Gasteiger partial charge >= 0.3 is 0 Å². The van der Waals surface area contributed by atoms with Gasteiger partial charge < -0.3 is 15.4 Å². The van der Waals surface area contributed by atoms with Crippen molar-refractivity contribution in [2.45, 2.75) is 19.4 Å². The van der Waals surface area contributed by atoms with Crippen molar-refractivity contribution in [1.82, 2.24) is 10.6 Å². The Hall–Kier alpha value is -1.69. The molecule has 1 atom stereocenters. The molecule has 2 amide bonds. The SMILES string of the molecule is CCNC(=O)[C@@H](CCSC)NC(=O)c1ccccc1OC. The molecule has 0 saturated carbocycles. The fraction of sp³-hybridized carbons (Fsp3) is 0.467. The minimum Gasteiger partial charge on any atom is -0.496 e. The molecule has 0 aliphatic rings. The summed E-state index contributed by atoms with van der Waals surface area (Å²) in [6.45, 7) is 2.39. The number of ether oxygens (including phenoxy) is 1. The fourth-order valence-corrected chi connectivity index (χ4v) is 2.34. The van der Waals surface area contributed by atoms with E-state index in [1.165, 1.54) is 7.11 Å². The Bertz CT molecular complexity index is 480. The predicted molar refractivity (Wildman–Crippen MR) is 85.9 cm³/mol. The first-order chi connectivity index (χ1) is 10.1. The maximum Gasteiger partial charge on any atom is 0.255 e. The molecule has 1 rings (SSSR count). The number of likely N-dealkylation sites (N-methyl/N-ethyl adjacent to an activating group) is 1. The van der Waals surface area contributed by atoms with Crippen LogP contribution in [0.4, 0.5) is 0 Å². The number of amides is 2. The van der Waals surface area contributed by atoms with Crippen molar-refractivity contribution in [1.29, 1.82) is 0 Å². The van der Waals surface area contributed by atoms with E-state index in [0.717, 1.165) is 5.75 Å². The van der Waals surface area contributed by atoms with Crippen LogP contribution in [0.15, 0.2) is 24.3 Å². The molecule has 0 spiro atoms. The number of hydrogen-bond acceptors (Lipinski definition) is 4. The fourth-order valence-electron chi connectivity index (χ4n) is 1.87. The van der Waals surface area contributed by atoms with Gasteiger partial charge in [-0.25, -0.2) is 0 Å². The summed E-state index contributed by atoms with van der Waals surface area (Å²) in [5.74, 6) is 0.836. The molecule has 0 unspecified atom stereocenters. The van der Waals surface area contributed by atoms with E-state index >= 15 is 0 Å².